The van der Waals surface area contributed by atoms with E-state index in [2.05, 4.69) is 14.8 Å². The molecule has 0 bridgehead atoms. The van der Waals surface area contributed by atoms with Gasteiger partial charge in [0.05, 0.1) is 12.1 Å². The van der Waals surface area contributed by atoms with Gasteiger partial charge in [0.1, 0.15) is 11.3 Å². The van der Waals surface area contributed by atoms with Gasteiger partial charge in [-0.3, -0.25) is 9.67 Å². The highest BCUT2D eigenvalue weighted by molar-refractivity contribution is 6.33. The van der Waals surface area contributed by atoms with Crippen molar-refractivity contribution in [1.29, 1.82) is 0 Å². The molecule has 5 nitrogen and oxygen atoms in total. The van der Waals surface area contributed by atoms with Gasteiger partial charge in [0.25, 0.3) is 0 Å². The zero-order valence-electron chi connectivity index (χ0n) is 10.9. The molecule has 21 heavy (non-hydrogen) atoms. The lowest BCUT2D eigenvalue weighted by Crippen LogP contribution is -2.16. The molecule has 9 heteroatoms. The van der Waals surface area contributed by atoms with Crippen molar-refractivity contribution >= 4 is 17.6 Å². The molecule has 0 unspecified atom stereocenters. The Hall–Kier alpha value is -2.09. The maximum Gasteiger partial charge on any atom is 0.420 e. The van der Waals surface area contributed by atoms with E-state index in [0.717, 1.165) is 11.8 Å². The van der Waals surface area contributed by atoms with Crippen LogP contribution in [-0.4, -0.2) is 27.8 Å². The standard InChI is InChI=1S/C12H9ClF3N3O2/c1-19-10(11(20)21-2)8(12(14,15)16)9(18-19)6-3-4-17-5-7(6)13/h3-5H,1-2H3. The van der Waals surface area contributed by atoms with Gasteiger partial charge in [-0.05, 0) is 6.07 Å². The lowest BCUT2D eigenvalue weighted by Gasteiger charge is -2.09. The van der Waals surface area contributed by atoms with Crippen LogP contribution in [0.2, 0.25) is 5.02 Å². The average Bonchev–Trinajstić information content (AvgIpc) is 2.75. The van der Waals surface area contributed by atoms with Crippen molar-refractivity contribution in [3.63, 3.8) is 0 Å². The monoisotopic (exact) mass is 319 g/mol. The van der Waals surface area contributed by atoms with Crippen molar-refractivity contribution < 1.29 is 22.7 Å². The molecule has 0 aliphatic rings. The second-order valence-corrected chi connectivity index (χ2v) is 4.45. The van der Waals surface area contributed by atoms with Crippen LogP contribution in [0.5, 0.6) is 0 Å². The van der Waals surface area contributed by atoms with Gasteiger partial charge >= 0.3 is 12.1 Å². The number of aryl methyl sites for hydroxylation is 1. The van der Waals surface area contributed by atoms with Crippen LogP contribution in [0.25, 0.3) is 11.3 Å². The summed E-state index contributed by atoms with van der Waals surface area (Å²) in [5.74, 6) is -1.13. The number of pyridine rings is 1. The average molecular weight is 320 g/mol. The molecule has 0 fully saturated rings. The number of rotatable bonds is 2. The van der Waals surface area contributed by atoms with Crippen LogP contribution < -0.4 is 0 Å². The van der Waals surface area contributed by atoms with Gasteiger partial charge in [-0.15, -0.1) is 0 Å². The molecule has 0 radical (unpaired) electrons. The Morgan fingerprint density at radius 2 is 2.10 bits per heavy atom. The zero-order chi connectivity index (χ0) is 15.8. The molecule has 0 atom stereocenters. The minimum Gasteiger partial charge on any atom is -0.464 e. The first-order chi connectivity index (χ1) is 9.77. The Balaban J connectivity index is 2.80. The van der Waals surface area contributed by atoms with Crippen molar-refractivity contribution in [3.05, 3.63) is 34.7 Å². The first-order valence-corrected chi connectivity index (χ1v) is 5.97. The van der Waals surface area contributed by atoms with Crippen LogP contribution in [0.15, 0.2) is 18.5 Å². The van der Waals surface area contributed by atoms with E-state index in [0.29, 0.717) is 0 Å². The molecule has 0 spiro atoms. The molecular formula is C12H9ClF3N3O2. The molecule has 2 heterocycles. The Labute approximate surface area is 122 Å². The number of esters is 1. The summed E-state index contributed by atoms with van der Waals surface area (Å²) in [6.07, 6.45) is -2.31. The highest BCUT2D eigenvalue weighted by Gasteiger charge is 2.42. The van der Waals surface area contributed by atoms with E-state index in [9.17, 15) is 18.0 Å². The van der Waals surface area contributed by atoms with E-state index in [1.807, 2.05) is 0 Å². The maximum atomic E-state index is 13.3. The minimum atomic E-state index is -4.79. The molecule has 0 saturated heterocycles. The molecule has 0 saturated carbocycles. The molecule has 112 valence electrons. The number of hydrogen-bond acceptors (Lipinski definition) is 4. The summed E-state index contributed by atoms with van der Waals surface area (Å²) in [7, 11) is 2.22. The Kier molecular flexibility index (Phi) is 3.91. The Morgan fingerprint density at radius 3 is 2.62 bits per heavy atom. The molecular weight excluding hydrogens is 311 g/mol. The van der Waals surface area contributed by atoms with Gasteiger partial charge in [0.2, 0.25) is 0 Å². The number of methoxy groups -OCH3 is 1. The summed E-state index contributed by atoms with van der Waals surface area (Å²) in [5.41, 5.74) is -2.29. The highest BCUT2D eigenvalue weighted by Crippen LogP contribution is 2.40. The van der Waals surface area contributed by atoms with Gasteiger partial charge < -0.3 is 4.74 Å². The van der Waals surface area contributed by atoms with E-state index in [1.54, 1.807) is 0 Å². The van der Waals surface area contributed by atoms with Crippen LogP contribution in [0.3, 0.4) is 0 Å². The van der Waals surface area contributed by atoms with E-state index in [1.165, 1.54) is 25.5 Å². The van der Waals surface area contributed by atoms with Crippen LogP contribution in [0, 0.1) is 0 Å². The van der Waals surface area contributed by atoms with Crippen molar-refractivity contribution in [1.82, 2.24) is 14.8 Å². The fourth-order valence-electron chi connectivity index (χ4n) is 1.88. The summed E-state index contributed by atoms with van der Waals surface area (Å²) >= 11 is 5.86. The number of alkyl halides is 3. The van der Waals surface area contributed by atoms with Crippen LogP contribution in [0.4, 0.5) is 13.2 Å². The predicted molar refractivity (Wildman–Crippen MR) is 67.8 cm³/mol. The third-order valence-electron chi connectivity index (χ3n) is 2.74. The number of nitrogens with zero attached hydrogens (tertiary/aromatic N) is 3. The van der Waals surface area contributed by atoms with Crippen LogP contribution in [-0.2, 0) is 18.0 Å². The van der Waals surface area contributed by atoms with Crippen LogP contribution >= 0.6 is 11.6 Å². The summed E-state index contributed by atoms with van der Waals surface area (Å²) in [4.78, 5) is 15.3. The lowest BCUT2D eigenvalue weighted by molar-refractivity contribution is -0.137. The smallest absolute Gasteiger partial charge is 0.420 e. The van der Waals surface area contributed by atoms with Crippen molar-refractivity contribution in [3.8, 4) is 11.3 Å². The highest BCUT2D eigenvalue weighted by atomic mass is 35.5. The fraction of sp³-hybridized carbons (Fsp3) is 0.250. The summed E-state index contributed by atoms with van der Waals surface area (Å²) in [6.45, 7) is 0. The number of halogens is 4. The third-order valence-corrected chi connectivity index (χ3v) is 3.04. The quantitative estimate of drug-likeness (QED) is 0.799. The van der Waals surface area contributed by atoms with E-state index in [4.69, 9.17) is 11.6 Å². The van der Waals surface area contributed by atoms with E-state index < -0.39 is 29.1 Å². The largest absolute Gasteiger partial charge is 0.464 e. The van der Waals surface area contributed by atoms with E-state index >= 15 is 0 Å². The number of hydrogen-bond donors (Lipinski definition) is 0. The summed E-state index contributed by atoms with van der Waals surface area (Å²) in [6, 6.07) is 1.29. The second-order valence-electron chi connectivity index (χ2n) is 4.04. The molecule has 0 aromatic carbocycles. The molecule has 2 aromatic heterocycles. The van der Waals surface area contributed by atoms with Gasteiger partial charge in [-0.2, -0.15) is 18.3 Å². The zero-order valence-corrected chi connectivity index (χ0v) is 11.7. The van der Waals surface area contributed by atoms with Crippen LogP contribution in [0.1, 0.15) is 16.1 Å². The first kappa shape index (κ1) is 15.3. The van der Waals surface area contributed by atoms with Gasteiger partial charge in [0, 0.05) is 25.0 Å². The Bertz CT molecular complexity index is 698. The molecule has 0 aliphatic heterocycles. The van der Waals surface area contributed by atoms with Gasteiger partial charge in [0.15, 0.2) is 5.69 Å². The molecule has 2 aromatic rings. The Morgan fingerprint density at radius 1 is 1.43 bits per heavy atom. The fourth-order valence-corrected chi connectivity index (χ4v) is 2.09. The molecule has 0 N–H and O–H groups in total. The summed E-state index contributed by atoms with van der Waals surface area (Å²) in [5, 5.41) is 3.76. The topological polar surface area (TPSA) is 57.0 Å². The predicted octanol–water partition coefficient (Wildman–Crippen LogP) is 2.94. The number of carbonyl (C=O) groups is 1. The minimum absolute atomic E-state index is 0.00230. The molecule has 0 aliphatic carbocycles. The first-order valence-electron chi connectivity index (χ1n) is 5.59. The van der Waals surface area contributed by atoms with E-state index in [-0.39, 0.29) is 10.6 Å². The van der Waals surface area contributed by atoms with Crippen molar-refractivity contribution in [2.75, 3.05) is 7.11 Å². The number of carbonyl (C=O) groups excluding carboxylic acids is 1. The van der Waals surface area contributed by atoms with Gasteiger partial charge in [-0.25, -0.2) is 4.79 Å². The van der Waals surface area contributed by atoms with Crippen molar-refractivity contribution in [2.45, 2.75) is 6.18 Å². The lowest BCUT2D eigenvalue weighted by atomic mass is 10.1. The number of aromatic nitrogens is 3. The maximum absolute atomic E-state index is 13.3. The normalized spacial score (nSPS) is 11.5. The number of ether oxygens (including phenoxy) is 1. The summed E-state index contributed by atoms with van der Waals surface area (Å²) < 4.78 is 45.2. The van der Waals surface area contributed by atoms with Crippen molar-refractivity contribution in [2.24, 2.45) is 7.05 Å². The molecule has 2 rings (SSSR count). The molecule has 0 amide bonds. The second kappa shape index (κ2) is 5.36. The third kappa shape index (κ3) is 2.71. The SMILES string of the molecule is COC(=O)c1c(C(F)(F)F)c(-c2ccncc2Cl)nn1C. The van der Waals surface area contributed by atoms with Gasteiger partial charge in [-0.1, -0.05) is 11.6 Å².